The van der Waals surface area contributed by atoms with E-state index in [2.05, 4.69) is 20.6 Å². The predicted molar refractivity (Wildman–Crippen MR) is 117 cm³/mol. The zero-order valence-corrected chi connectivity index (χ0v) is 18.4. The fourth-order valence-corrected chi connectivity index (χ4v) is 4.65. The lowest BCUT2D eigenvalue weighted by atomic mass is 10.0. The van der Waals surface area contributed by atoms with E-state index in [4.69, 9.17) is 14.6 Å². The van der Waals surface area contributed by atoms with E-state index in [9.17, 15) is 13.2 Å². The molecule has 4 N–H and O–H groups in total. The molecule has 3 aliphatic rings. The number of hydrogen-bond donors (Lipinski definition) is 3. The number of ether oxygens (including phenoxy) is 2. The van der Waals surface area contributed by atoms with Crippen LogP contribution in [0.4, 0.5) is 16.4 Å². The maximum absolute atomic E-state index is 12.0. The standard InChI is InChI=1S/C21H27N5O5S/c22-32(28,29)19-7-5-16-11-18(19)30-9-3-1-2-8-23-21(27)31-17-6-4-14(10-17)15-12-24-20(26-16)25-13-15/h5,7,11-14,17H,1-4,6,8-10H2,(H,23,27)(H2,22,28,29)(H,24,25,26). The quantitative estimate of drug-likeness (QED) is 0.588. The molecule has 2 aliphatic heterocycles. The van der Waals surface area contributed by atoms with Gasteiger partial charge in [-0.25, -0.2) is 28.3 Å². The Kier molecular flexibility index (Phi) is 6.75. The Morgan fingerprint density at radius 1 is 1.09 bits per heavy atom. The minimum absolute atomic E-state index is 0.0818. The number of amides is 1. The number of nitrogens with zero attached hydrogens (tertiary/aromatic N) is 2. The van der Waals surface area contributed by atoms with E-state index >= 15 is 0 Å². The third-order valence-electron chi connectivity index (χ3n) is 5.66. The minimum atomic E-state index is -3.94. The summed E-state index contributed by atoms with van der Waals surface area (Å²) in [7, 11) is -3.94. The zero-order valence-electron chi connectivity index (χ0n) is 17.6. The van der Waals surface area contributed by atoms with Crippen LogP contribution >= 0.6 is 0 Å². The molecular weight excluding hydrogens is 434 g/mol. The smallest absolute Gasteiger partial charge is 0.407 e. The summed E-state index contributed by atoms with van der Waals surface area (Å²) in [4.78, 5) is 20.7. The minimum Gasteiger partial charge on any atom is -0.492 e. The van der Waals surface area contributed by atoms with E-state index in [0.717, 1.165) is 37.7 Å². The monoisotopic (exact) mass is 461 g/mol. The van der Waals surface area contributed by atoms with Gasteiger partial charge in [-0.3, -0.25) is 0 Å². The first-order chi connectivity index (χ1) is 15.4. The number of sulfonamides is 1. The van der Waals surface area contributed by atoms with Crippen molar-refractivity contribution in [2.24, 2.45) is 5.14 Å². The van der Waals surface area contributed by atoms with Crippen molar-refractivity contribution in [2.75, 3.05) is 18.5 Å². The highest BCUT2D eigenvalue weighted by Crippen LogP contribution is 2.36. The van der Waals surface area contributed by atoms with E-state index in [1.54, 1.807) is 24.5 Å². The van der Waals surface area contributed by atoms with E-state index in [1.807, 2.05) is 0 Å². The lowest BCUT2D eigenvalue weighted by Crippen LogP contribution is -2.28. The van der Waals surface area contributed by atoms with Crippen molar-refractivity contribution >= 4 is 27.8 Å². The van der Waals surface area contributed by atoms with Crippen molar-refractivity contribution < 1.29 is 22.7 Å². The molecule has 11 heteroatoms. The summed E-state index contributed by atoms with van der Waals surface area (Å²) in [6, 6.07) is 4.58. The Balaban J connectivity index is 1.56. The molecule has 0 spiro atoms. The SMILES string of the molecule is NS(=O)(=O)c1ccc2cc1OCCCCCNC(=O)OC1CCC(C1)c1cnc(nc1)N2. The van der Waals surface area contributed by atoms with Crippen LogP contribution in [-0.2, 0) is 14.8 Å². The van der Waals surface area contributed by atoms with Gasteiger partial charge in [0.15, 0.2) is 0 Å². The normalized spacial score (nSPS) is 22.2. The molecule has 1 saturated carbocycles. The van der Waals surface area contributed by atoms with Crippen LogP contribution in [0, 0.1) is 0 Å². The fourth-order valence-electron chi connectivity index (χ4n) is 4.00. The average molecular weight is 462 g/mol. The van der Waals surface area contributed by atoms with Crippen molar-refractivity contribution in [1.82, 2.24) is 15.3 Å². The Morgan fingerprint density at radius 3 is 2.69 bits per heavy atom. The Morgan fingerprint density at radius 2 is 1.91 bits per heavy atom. The molecule has 2 atom stereocenters. The number of nitrogens with two attached hydrogens (primary N) is 1. The number of rotatable bonds is 1. The molecule has 2 aromatic rings. The Hall–Kier alpha value is -2.92. The van der Waals surface area contributed by atoms with Gasteiger partial charge in [-0.15, -0.1) is 0 Å². The van der Waals surface area contributed by atoms with E-state index in [0.29, 0.717) is 31.2 Å². The number of anilines is 2. The highest BCUT2D eigenvalue weighted by molar-refractivity contribution is 7.89. The molecule has 1 aliphatic carbocycles. The predicted octanol–water partition coefficient (Wildman–Crippen LogP) is 2.79. The van der Waals surface area contributed by atoms with Gasteiger partial charge < -0.3 is 20.1 Å². The van der Waals surface area contributed by atoms with E-state index in [1.165, 1.54) is 6.07 Å². The topological polar surface area (TPSA) is 146 Å². The number of aromatic nitrogens is 2. The van der Waals surface area contributed by atoms with Crippen LogP contribution in [0.3, 0.4) is 0 Å². The maximum Gasteiger partial charge on any atom is 0.407 e. The summed E-state index contributed by atoms with van der Waals surface area (Å²) in [5, 5.41) is 11.2. The number of carbonyl (C=O) groups is 1. The molecule has 6 bridgehead atoms. The molecule has 0 radical (unpaired) electrons. The molecule has 32 heavy (non-hydrogen) atoms. The highest BCUT2D eigenvalue weighted by Gasteiger charge is 2.29. The second-order valence-electron chi connectivity index (χ2n) is 8.04. The lowest BCUT2D eigenvalue weighted by Gasteiger charge is -2.15. The lowest BCUT2D eigenvalue weighted by molar-refractivity contribution is 0.100. The van der Waals surface area contributed by atoms with Gasteiger partial charge in [0.2, 0.25) is 16.0 Å². The first-order valence-corrected chi connectivity index (χ1v) is 12.3. The molecule has 1 aromatic heterocycles. The molecule has 10 nitrogen and oxygen atoms in total. The molecule has 0 saturated heterocycles. The van der Waals surface area contributed by atoms with Crippen LogP contribution in [0.15, 0.2) is 35.5 Å². The second-order valence-corrected chi connectivity index (χ2v) is 9.57. The third-order valence-corrected chi connectivity index (χ3v) is 6.61. The molecule has 3 heterocycles. The second kappa shape index (κ2) is 9.70. The van der Waals surface area contributed by atoms with Gasteiger partial charge in [0, 0.05) is 30.7 Å². The Bertz CT molecular complexity index is 1060. The van der Waals surface area contributed by atoms with Gasteiger partial charge in [-0.1, -0.05) is 0 Å². The first kappa shape index (κ1) is 22.3. The van der Waals surface area contributed by atoms with E-state index in [-0.39, 0.29) is 22.7 Å². The van der Waals surface area contributed by atoms with Crippen LogP contribution in [0.5, 0.6) is 5.75 Å². The average Bonchev–Trinajstić information content (AvgIpc) is 3.20. The summed E-state index contributed by atoms with van der Waals surface area (Å²) in [6.07, 6.45) is 7.74. The van der Waals surface area contributed by atoms with Gasteiger partial charge in [-0.2, -0.15) is 0 Å². The van der Waals surface area contributed by atoms with Gasteiger partial charge in [-0.05, 0) is 62.1 Å². The van der Waals surface area contributed by atoms with Crippen molar-refractivity contribution in [3.63, 3.8) is 0 Å². The number of primary sulfonamides is 1. The van der Waals surface area contributed by atoms with Crippen LogP contribution in [0.2, 0.25) is 0 Å². The molecule has 1 amide bonds. The van der Waals surface area contributed by atoms with Crippen molar-refractivity contribution in [1.29, 1.82) is 0 Å². The van der Waals surface area contributed by atoms with Gasteiger partial charge in [0.25, 0.3) is 0 Å². The molecule has 2 unspecified atom stereocenters. The Labute approximate surface area is 187 Å². The highest BCUT2D eigenvalue weighted by atomic mass is 32.2. The number of alkyl carbamates (subject to hydrolysis) is 1. The van der Waals surface area contributed by atoms with Crippen LogP contribution < -0.4 is 20.5 Å². The largest absolute Gasteiger partial charge is 0.492 e. The van der Waals surface area contributed by atoms with Gasteiger partial charge >= 0.3 is 6.09 Å². The van der Waals surface area contributed by atoms with Crippen LogP contribution in [-0.4, -0.2) is 43.7 Å². The number of hydrogen-bond acceptors (Lipinski definition) is 8. The molecule has 172 valence electrons. The van der Waals surface area contributed by atoms with Crippen molar-refractivity contribution in [2.45, 2.75) is 55.4 Å². The summed E-state index contributed by atoms with van der Waals surface area (Å²) in [5.41, 5.74) is 1.58. The fraction of sp³-hybridized carbons (Fsp3) is 0.476. The number of benzene rings is 1. The van der Waals surface area contributed by atoms with Crippen molar-refractivity contribution in [3.8, 4) is 5.75 Å². The molecule has 1 fully saturated rings. The zero-order chi connectivity index (χ0) is 22.6. The van der Waals surface area contributed by atoms with E-state index < -0.39 is 16.1 Å². The number of fused-ring (bicyclic) bond motifs is 10. The summed E-state index contributed by atoms with van der Waals surface area (Å²) >= 11 is 0. The van der Waals surface area contributed by atoms with Crippen molar-refractivity contribution in [3.05, 3.63) is 36.2 Å². The summed E-state index contributed by atoms with van der Waals surface area (Å²) in [6.45, 7) is 0.817. The number of carbonyl (C=O) groups excluding carboxylic acids is 1. The summed E-state index contributed by atoms with van der Waals surface area (Å²) in [5.74, 6) is 0.784. The van der Waals surface area contributed by atoms with Crippen LogP contribution in [0.25, 0.3) is 0 Å². The number of nitrogens with one attached hydrogen (secondary N) is 2. The molecule has 5 rings (SSSR count). The molecular formula is C21H27N5O5S. The summed E-state index contributed by atoms with van der Waals surface area (Å²) < 4.78 is 35.1. The van der Waals surface area contributed by atoms with Gasteiger partial charge in [0.1, 0.15) is 16.7 Å². The van der Waals surface area contributed by atoms with Gasteiger partial charge in [0.05, 0.1) is 6.61 Å². The van der Waals surface area contributed by atoms with Crippen LogP contribution in [0.1, 0.15) is 50.0 Å². The maximum atomic E-state index is 12.0. The first-order valence-electron chi connectivity index (χ1n) is 10.7. The third kappa shape index (κ3) is 5.65. The molecule has 1 aromatic carbocycles.